The topological polar surface area (TPSA) is 52.9 Å². The maximum Gasteiger partial charge on any atom is 0.0654 e. The third-order valence-corrected chi connectivity index (χ3v) is 7.25. The van der Waals surface area contributed by atoms with Crippen molar-refractivity contribution in [2.75, 3.05) is 32.8 Å². The number of ether oxygens (including phenoxy) is 1. The van der Waals surface area contributed by atoms with Crippen LogP contribution in [0.3, 0.4) is 0 Å². The minimum Gasteiger partial charge on any atom is -0.392 e. The molecular weight excluding hydrogens is 362 g/mol. The van der Waals surface area contributed by atoms with Crippen molar-refractivity contribution in [3.8, 4) is 0 Å². The Bertz CT molecular complexity index is 550. The first-order valence-corrected chi connectivity index (χ1v) is 12.1. The maximum absolute atomic E-state index is 10.5. The van der Waals surface area contributed by atoms with Crippen molar-refractivity contribution >= 4 is 0 Å². The van der Waals surface area contributed by atoms with Crippen LogP contribution in [0, 0.1) is 17.8 Å². The quantitative estimate of drug-likeness (QED) is 0.375. The van der Waals surface area contributed by atoms with Crippen LogP contribution in [-0.4, -0.2) is 59.7 Å². The lowest BCUT2D eigenvalue weighted by Crippen LogP contribution is -2.24. The van der Waals surface area contributed by atoms with Gasteiger partial charge in [-0.1, -0.05) is 43.6 Å². The highest BCUT2D eigenvalue weighted by Crippen LogP contribution is 2.48. The van der Waals surface area contributed by atoms with E-state index in [1.807, 2.05) is 6.92 Å². The molecule has 166 valence electrons. The van der Waals surface area contributed by atoms with E-state index in [1.54, 1.807) is 0 Å². The summed E-state index contributed by atoms with van der Waals surface area (Å²) < 4.78 is 5.89. The minimum absolute atomic E-state index is 0.229. The Morgan fingerprint density at radius 3 is 2.83 bits per heavy atom. The molecule has 1 aliphatic heterocycles. The van der Waals surface area contributed by atoms with Crippen LogP contribution < -0.4 is 0 Å². The average Bonchev–Trinajstić information content (AvgIpc) is 3.38. The van der Waals surface area contributed by atoms with Crippen molar-refractivity contribution in [1.29, 1.82) is 0 Å². The monoisotopic (exact) mass is 405 g/mol. The number of hydrogen-bond donors (Lipinski definition) is 2. The van der Waals surface area contributed by atoms with Gasteiger partial charge in [0.1, 0.15) is 0 Å². The van der Waals surface area contributed by atoms with Crippen LogP contribution in [0.1, 0.15) is 71.6 Å². The summed E-state index contributed by atoms with van der Waals surface area (Å²) in [6.07, 6.45) is 15.9. The number of unbranched alkanes of at least 4 members (excludes halogenated alkanes) is 1. The van der Waals surface area contributed by atoms with E-state index in [2.05, 4.69) is 30.1 Å². The predicted molar refractivity (Wildman–Crippen MR) is 119 cm³/mol. The summed E-state index contributed by atoms with van der Waals surface area (Å²) in [6.45, 7) is 9.31. The van der Waals surface area contributed by atoms with Gasteiger partial charge in [-0.3, -0.25) is 0 Å². The molecule has 0 aromatic carbocycles. The van der Waals surface area contributed by atoms with Crippen molar-refractivity contribution in [2.45, 2.75) is 83.3 Å². The van der Waals surface area contributed by atoms with Crippen LogP contribution in [0.25, 0.3) is 0 Å². The Labute approximate surface area is 178 Å². The molecule has 0 aromatic rings. The van der Waals surface area contributed by atoms with Gasteiger partial charge in [0, 0.05) is 12.5 Å². The SMILES string of the molecule is CCCC[C@](C)(O)CC=C[C@@H]1[C@H]2CC(CCOCCN3CCCC3)=C[C@H]2C[C@H]1O. The van der Waals surface area contributed by atoms with Crippen molar-refractivity contribution in [1.82, 2.24) is 4.90 Å². The second kappa shape index (κ2) is 11.1. The first kappa shape index (κ1) is 23.0. The van der Waals surface area contributed by atoms with Gasteiger partial charge < -0.3 is 19.8 Å². The zero-order valence-corrected chi connectivity index (χ0v) is 18.7. The molecule has 3 rings (SSSR count). The molecule has 4 nitrogen and oxygen atoms in total. The number of fused-ring (bicyclic) bond motifs is 1. The van der Waals surface area contributed by atoms with Gasteiger partial charge in [0.2, 0.25) is 0 Å². The molecule has 0 aromatic heterocycles. The molecule has 1 saturated heterocycles. The second-order valence-corrected chi connectivity index (χ2v) is 9.88. The number of nitrogens with zero attached hydrogens (tertiary/aromatic N) is 1. The normalized spacial score (nSPS) is 32.1. The van der Waals surface area contributed by atoms with E-state index in [0.717, 1.165) is 58.3 Å². The van der Waals surface area contributed by atoms with E-state index < -0.39 is 5.60 Å². The fraction of sp³-hybridized carbons (Fsp3) is 0.840. The third-order valence-electron chi connectivity index (χ3n) is 7.25. The first-order chi connectivity index (χ1) is 14.0. The molecule has 0 radical (unpaired) electrons. The van der Waals surface area contributed by atoms with Gasteiger partial charge in [-0.05, 0) is 76.8 Å². The van der Waals surface area contributed by atoms with Gasteiger partial charge in [0.05, 0.1) is 24.9 Å². The summed E-state index contributed by atoms with van der Waals surface area (Å²) in [5, 5.41) is 21.0. The van der Waals surface area contributed by atoms with Crippen molar-refractivity contribution in [2.24, 2.45) is 17.8 Å². The molecular formula is C25H43NO3. The van der Waals surface area contributed by atoms with Crippen molar-refractivity contribution in [3.63, 3.8) is 0 Å². The number of likely N-dealkylation sites (tertiary alicyclic amines) is 1. The molecule has 29 heavy (non-hydrogen) atoms. The molecule has 0 unspecified atom stereocenters. The van der Waals surface area contributed by atoms with Crippen LogP contribution in [-0.2, 0) is 4.74 Å². The lowest BCUT2D eigenvalue weighted by molar-refractivity contribution is 0.0513. The van der Waals surface area contributed by atoms with Gasteiger partial charge in [0.15, 0.2) is 0 Å². The summed E-state index contributed by atoms with van der Waals surface area (Å²) in [5.41, 5.74) is 0.891. The Hall–Kier alpha value is -0.680. The molecule has 2 aliphatic carbocycles. The number of aliphatic hydroxyl groups is 2. The van der Waals surface area contributed by atoms with E-state index in [0.29, 0.717) is 18.3 Å². The Morgan fingerprint density at radius 1 is 1.28 bits per heavy atom. The zero-order chi connectivity index (χ0) is 20.7. The number of hydrogen-bond acceptors (Lipinski definition) is 4. The summed E-state index contributed by atoms with van der Waals surface area (Å²) >= 11 is 0. The largest absolute Gasteiger partial charge is 0.392 e. The average molecular weight is 406 g/mol. The maximum atomic E-state index is 10.5. The van der Waals surface area contributed by atoms with Gasteiger partial charge in [-0.25, -0.2) is 0 Å². The highest BCUT2D eigenvalue weighted by atomic mass is 16.5. The van der Waals surface area contributed by atoms with Crippen LogP contribution in [0.2, 0.25) is 0 Å². The zero-order valence-electron chi connectivity index (χ0n) is 18.7. The molecule has 1 saturated carbocycles. The summed E-state index contributed by atoms with van der Waals surface area (Å²) in [7, 11) is 0. The molecule has 0 bridgehead atoms. The fourth-order valence-electron chi connectivity index (χ4n) is 5.43. The molecule has 2 fully saturated rings. The highest BCUT2D eigenvalue weighted by molar-refractivity contribution is 5.20. The molecule has 0 amide bonds. The van der Waals surface area contributed by atoms with E-state index in [1.165, 1.54) is 31.5 Å². The number of allylic oxidation sites excluding steroid dienone is 1. The minimum atomic E-state index is -0.624. The third kappa shape index (κ3) is 6.92. The number of rotatable bonds is 12. The van der Waals surface area contributed by atoms with Crippen LogP contribution in [0.5, 0.6) is 0 Å². The van der Waals surface area contributed by atoms with E-state index in [-0.39, 0.29) is 12.0 Å². The van der Waals surface area contributed by atoms with E-state index in [9.17, 15) is 10.2 Å². The summed E-state index contributed by atoms with van der Waals surface area (Å²) in [5.74, 6) is 1.27. The Morgan fingerprint density at radius 2 is 2.07 bits per heavy atom. The first-order valence-electron chi connectivity index (χ1n) is 12.1. The van der Waals surface area contributed by atoms with Gasteiger partial charge >= 0.3 is 0 Å². The molecule has 1 heterocycles. The van der Waals surface area contributed by atoms with Crippen molar-refractivity contribution in [3.05, 3.63) is 23.8 Å². The molecule has 4 heteroatoms. The lowest BCUT2D eigenvalue weighted by atomic mass is 9.88. The molecule has 5 atom stereocenters. The number of aliphatic hydroxyl groups excluding tert-OH is 1. The summed E-state index contributed by atoms with van der Waals surface area (Å²) in [6, 6.07) is 0. The van der Waals surface area contributed by atoms with Crippen LogP contribution in [0.4, 0.5) is 0 Å². The van der Waals surface area contributed by atoms with Gasteiger partial charge in [0.25, 0.3) is 0 Å². The van der Waals surface area contributed by atoms with Crippen molar-refractivity contribution < 1.29 is 14.9 Å². The molecule has 2 N–H and O–H groups in total. The highest BCUT2D eigenvalue weighted by Gasteiger charge is 2.43. The molecule has 3 aliphatic rings. The fourth-order valence-corrected chi connectivity index (χ4v) is 5.43. The second-order valence-electron chi connectivity index (χ2n) is 9.88. The summed E-state index contributed by atoms with van der Waals surface area (Å²) in [4.78, 5) is 2.50. The van der Waals surface area contributed by atoms with Gasteiger partial charge in [-0.15, -0.1) is 0 Å². The standard InChI is InChI=1S/C25H43NO3/c1-3-4-10-25(2,28)11-7-8-22-23-18-20(17-21(23)19-24(22)27)9-15-29-16-14-26-12-5-6-13-26/h7-8,17,21-24,27-28H,3-6,9-16,18-19H2,1-2H3/t21-,22+,23-,24+,25-/m0/s1. The Kier molecular flexibility index (Phi) is 8.79. The van der Waals surface area contributed by atoms with Gasteiger partial charge in [-0.2, -0.15) is 0 Å². The van der Waals surface area contributed by atoms with E-state index >= 15 is 0 Å². The molecule has 0 spiro atoms. The van der Waals surface area contributed by atoms with Crippen LogP contribution >= 0.6 is 0 Å². The van der Waals surface area contributed by atoms with E-state index in [4.69, 9.17) is 4.74 Å². The predicted octanol–water partition coefficient (Wildman–Crippen LogP) is 4.32. The Balaban J connectivity index is 1.37. The smallest absolute Gasteiger partial charge is 0.0654 e. The van der Waals surface area contributed by atoms with Crippen LogP contribution in [0.15, 0.2) is 23.8 Å². The lowest BCUT2D eigenvalue weighted by Gasteiger charge is -2.22.